The zero-order chi connectivity index (χ0) is 25.0. The van der Waals surface area contributed by atoms with Gasteiger partial charge in [0.1, 0.15) is 18.1 Å². The molecule has 0 fully saturated rings. The fourth-order valence-electron chi connectivity index (χ4n) is 2.79. The largest absolute Gasteiger partial charge is 0.480 e. The van der Waals surface area contributed by atoms with Crippen LogP contribution in [0.25, 0.3) is 0 Å². The Labute approximate surface area is 189 Å². The molecule has 3 amide bonds. The monoisotopic (exact) mass is 457 g/mol. The number of amides is 3. The number of nitrogens with two attached hydrogens (primary N) is 3. The van der Waals surface area contributed by atoms with E-state index in [0.29, 0.717) is 25.8 Å². The van der Waals surface area contributed by atoms with Gasteiger partial charge in [0.25, 0.3) is 0 Å². The number of hydrogen-bond donors (Lipinski definition) is 7. The smallest absolute Gasteiger partial charge is 0.325 e. The first-order valence-corrected chi connectivity index (χ1v) is 10.7. The van der Waals surface area contributed by atoms with Gasteiger partial charge in [-0.15, -0.1) is 0 Å². The number of hydrogen-bond acceptors (Lipinski definition) is 6. The summed E-state index contributed by atoms with van der Waals surface area (Å²) < 4.78 is 0. The van der Waals surface area contributed by atoms with Gasteiger partial charge in [0.15, 0.2) is 5.96 Å². The quantitative estimate of drug-likeness (QED) is 0.0935. The van der Waals surface area contributed by atoms with Gasteiger partial charge < -0.3 is 38.3 Å². The molecule has 184 valence electrons. The number of carboxylic acids is 1. The van der Waals surface area contributed by atoms with E-state index in [1.807, 2.05) is 13.8 Å². The van der Waals surface area contributed by atoms with E-state index >= 15 is 0 Å². The molecule has 0 saturated carbocycles. The molecule has 12 heteroatoms. The minimum atomic E-state index is -1.19. The Balaban J connectivity index is 5.17. The summed E-state index contributed by atoms with van der Waals surface area (Å²) in [7, 11) is 0. The van der Waals surface area contributed by atoms with Crippen LogP contribution in [0.3, 0.4) is 0 Å². The average molecular weight is 458 g/mol. The highest BCUT2D eigenvalue weighted by Crippen LogP contribution is 2.09. The molecule has 12 nitrogen and oxygen atoms in total. The topological polar surface area (TPSA) is 215 Å². The van der Waals surface area contributed by atoms with Gasteiger partial charge in [0.05, 0.1) is 6.04 Å². The van der Waals surface area contributed by atoms with Gasteiger partial charge in [-0.05, 0) is 38.0 Å². The molecule has 0 rings (SSSR count). The van der Waals surface area contributed by atoms with Crippen molar-refractivity contribution in [3.8, 4) is 0 Å². The predicted octanol–water partition coefficient (Wildman–Crippen LogP) is -1.37. The Hall–Kier alpha value is -2.89. The second-order valence-electron chi connectivity index (χ2n) is 8.54. The molecule has 4 unspecified atom stereocenters. The van der Waals surface area contributed by atoms with Crippen molar-refractivity contribution >= 4 is 29.7 Å². The van der Waals surface area contributed by atoms with Crippen molar-refractivity contribution < 1.29 is 24.3 Å². The van der Waals surface area contributed by atoms with Crippen LogP contribution in [0, 0.1) is 11.8 Å². The fraction of sp³-hybridized carbons (Fsp3) is 0.750. The summed E-state index contributed by atoms with van der Waals surface area (Å²) in [6.07, 6.45) is 1.14. The number of rotatable bonds is 14. The first-order chi connectivity index (χ1) is 14.8. The molecule has 0 bridgehead atoms. The maximum Gasteiger partial charge on any atom is 0.325 e. The summed E-state index contributed by atoms with van der Waals surface area (Å²) in [4.78, 5) is 52.7. The summed E-state index contributed by atoms with van der Waals surface area (Å²) in [5.41, 5.74) is 16.4. The molecule has 10 N–H and O–H groups in total. The Morgan fingerprint density at radius 3 is 1.97 bits per heavy atom. The van der Waals surface area contributed by atoms with Gasteiger partial charge in [-0.1, -0.05) is 27.7 Å². The molecule has 32 heavy (non-hydrogen) atoms. The van der Waals surface area contributed by atoms with E-state index in [4.69, 9.17) is 22.3 Å². The Morgan fingerprint density at radius 1 is 0.906 bits per heavy atom. The van der Waals surface area contributed by atoms with Crippen molar-refractivity contribution in [2.24, 2.45) is 34.0 Å². The van der Waals surface area contributed by atoms with Crippen LogP contribution in [0.5, 0.6) is 0 Å². The van der Waals surface area contributed by atoms with E-state index in [2.05, 4.69) is 20.9 Å². The first-order valence-electron chi connectivity index (χ1n) is 10.7. The lowest BCUT2D eigenvalue weighted by molar-refractivity contribution is -0.142. The van der Waals surface area contributed by atoms with E-state index in [9.17, 15) is 19.2 Å². The Morgan fingerprint density at radius 2 is 1.50 bits per heavy atom. The highest BCUT2D eigenvalue weighted by atomic mass is 16.4. The molecule has 0 aliphatic carbocycles. The predicted molar refractivity (Wildman–Crippen MR) is 121 cm³/mol. The van der Waals surface area contributed by atoms with Gasteiger partial charge in [-0.25, -0.2) is 0 Å². The standard InChI is InChI=1S/C20H39N7O5/c1-10(2)9-14(26-16(28)13(21)7-6-8-24-20(22)23)17(29)27-15(11(3)4)18(30)25-12(5)19(31)32/h10-15H,6-9,21H2,1-5H3,(H,25,30)(H,26,28)(H,27,29)(H,31,32)(H4,22,23,24). The molecule has 0 aromatic rings. The van der Waals surface area contributed by atoms with Crippen molar-refractivity contribution in [3.63, 3.8) is 0 Å². The van der Waals surface area contributed by atoms with Gasteiger partial charge in [0.2, 0.25) is 17.7 Å². The summed E-state index contributed by atoms with van der Waals surface area (Å²) in [6.45, 7) is 8.89. The van der Waals surface area contributed by atoms with Crippen LogP contribution in [0.15, 0.2) is 4.99 Å². The van der Waals surface area contributed by atoms with Crippen molar-refractivity contribution in [3.05, 3.63) is 0 Å². The number of nitrogens with one attached hydrogen (secondary N) is 3. The zero-order valence-electron chi connectivity index (χ0n) is 19.6. The van der Waals surface area contributed by atoms with Gasteiger partial charge in [0, 0.05) is 6.54 Å². The molecule has 0 aromatic heterocycles. The summed E-state index contributed by atoms with van der Waals surface area (Å²) in [5.74, 6) is -3.13. The van der Waals surface area contributed by atoms with Crippen LogP contribution in [0.2, 0.25) is 0 Å². The molecule has 0 radical (unpaired) electrons. The summed E-state index contributed by atoms with van der Waals surface area (Å²) in [5, 5.41) is 16.6. The molecular weight excluding hydrogens is 418 g/mol. The first kappa shape index (κ1) is 29.1. The normalized spacial score (nSPS) is 14.8. The number of aliphatic imine (C=N–C) groups is 1. The van der Waals surface area contributed by atoms with Gasteiger partial charge >= 0.3 is 5.97 Å². The highest BCUT2D eigenvalue weighted by Gasteiger charge is 2.31. The second-order valence-corrected chi connectivity index (χ2v) is 8.54. The van der Waals surface area contributed by atoms with Crippen LogP contribution < -0.4 is 33.2 Å². The maximum absolute atomic E-state index is 12.9. The van der Waals surface area contributed by atoms with E-state index in [1.54, 1.807) is 13.8 Å². The molecule has 0 saturated heterocycles. The molecule has 0 spiro atoms. The molecule has 0 aliphatic rings. The number of guanidine groups is 1. The van der Waals surface area contributed by atoms with Gasteiger partial charge in [-0.2, -0.15) is 0 Å². The van der Waals surface area contributed by atoms with Gasteiger partial charge in [-0.3, -0.25) is 24.2 Å². The van der Waals surface area contributed by atoms with Crippen molar-refractivity contribution in [2.45, 2.75) is 78.0 Å². The lowest BCUT2D eigenvalue weighted by atomic mass is 9.99. The Bertz CT molecular complexity index is 677. The zero-order valence-corrected chi connectivity index (χ0v) is 19.6. The number of nitrogens with zero attached hydrogens (tertiary/aromatic N) is 1. The van der Waals surface area contributed by atoms with Crippen LogP contribution in [0.4, 0.5) is 0 Å². The minimum absolute atomic E-state index is 0.0433. The highest BCUT2D eigenvalue weighted by molar-refractivity contribution is 5.94. The SMILES string of the molecule is CC(C)CC(NC(=O)C(N)CCCN=C(N)N)C(=O)NC(C(=O)NC(C)C(=O)O)C(C)C. The number of carboxylic acid groups (broad SMARTS) is 1. The Kier molecular flexibility index (Phi) is 12.9. The van der Waals surface area contributed by atoms with Crippen LogP contribution >= 0.6 is 0 Å². The number of carbonyl (C=O) groups is 4. The van der Waals surface area contributed by atoms with Crippen LogP contribution in [-0.2, 0) is 19.2 Å². The van der Waals surface area contributed by atoms with Crippen molar-refractivity contribution in [1.29, 1.82) is 0 Å². The van der Waals surface area contributed by atoms with E-state index in [0.717, 1.165) is 0 Å². The third-order valence-corrected chi connectivity index (χ3v) is 4.62. The van der Waals surface area contributed by atoms with Crippen molar-refractivity contribution in [2.75, 3.05) is 6.54 Å². The fourth-order valence-corrected chi connectivity index (χ4v) is 2.79. The lowest BCUT2D eigenvalue weighted by Crippen LogP contribution is -2.58. The maximum atomic E-state index is 12.9. The molecule has 0 aliphatic heterocycles. The molecule has 0 heterocycles. The summed E-state index contributed by atoms with van der Waals surface area (Å²) >= 11 is 0. The third kappa shape index (κ3) is 11.5. The lowest BCUT2D eigenvalue weighted by Gasteiger charge is -2.27. The van der Waals surface area contributed by atoms with E-state index in [-0.39, 0.29) is 17.8 Å². The molecule has 4 atom stereocenters. The van der Waals surface area contributed by atoms with Crippen LogP contribution in [0.1, 0.15) is 53.9 Å². The van der Waals surface area contributed by atoms with Crippen molar-refractivity contribution in [1.82, 2.24) is 16.0 Å². The molecular formula is C20H39N7O5. The number of aliphatic carboxylic acids is 1. The second kappa shape index (κ2) is 14.2. The minimum Gasteiger partial charge on any atom is -0.480 e. The third-order valence-electron chi connectivity index (χ3n) is 4.62. The van der Waals surface area contributed by atoms with Crippen LogP contribution in [-0.4, -0.2) is 65.5 Å². The van der Waals surface area contributed by atoms with E-state index in [1.165, 1.54) is 6.92 Å². The number of carbonyl (C=O) groups excluding carboxylic acids is 3. The van der Waals surface area contributed by atoms with E-state index < -0.39 is 47.9 Å². The summed E-state index contributed by atoms with van der Waals surface area (Å²) in [6, 6.07) is -3.84. The average Bonchev–Trinajstić information content (AvgIpc) is 2.67. The molecule has 0 aromatic carbocycles.